The first-order valence-corrected chi connectivity index (χ1v) is 43.7. The molecule has 0 aliphatic carbocycles. The first-order chi connectivity index (χ1) is 60.9. The molecule has 12 aromatic rings. The van der Waals surface area contributed by atoms with E-state index in [9.17, 15) is 55.1 Å². The molecule has 6 heterocycles. The average Bonchev–Trinajstić information content (AvgIpc) is 1.61. The molecular weight excluding hydrogens is 1710 g/mol. The molecule has 20 nitrogen and oxygen atoms in total. The van der Waals surface area contributed by atoms with Crippen molar-refractivity contribution in [3.8, 4) is 22.8 Å². The van der Waals surface area contributed by atoms with E-state index in [4.69, 9.17) is 56.9 Å². The first kappa shape index (κ1) is 93.3. The summed E-state index contributed by atoms with van der Waals surface area (Å²) in [6.45, 7) is 11.3. The van der Waals surface area contributed by atoms with Gasteiger partial charge in [-0.2, -0.15) is 0 Å². The molecule has 0 bridgehead atoms. The zero-order valence-electron chi connectivity index (χ0n) is 71.7. The minimum atomic E-state index is -0.858. The highest BCUT2D eigenvalue weighted by atomic mass is 35.5. The standard InChI is InChI=1S/C33H35ClF2N4O3.C32H32Cl2F2N4O2.C32H34ClF2N5O2/c1-22-28(32(41)40(37(22)2)26-11-13-27(43-3)14-12-26)21-39(18-15-23-7-9-24(34)10-8-23)25-16-19-38(20-17-25)33(42)31-29(35)5-4-6-30(31)36;1-21-27(31(41)40(37(21)2)26-12-10-24(34)11-13-26)20-39(17-14-22-6-8-23(33)9-7-22)25-15-18-38(19-16-25)32(42)30-28(35)4-3-5-29(30)36;1-21-27(31(41)40(37(21)2)26-12-10-24(36)11-13-26)20-39(17-14-22-6-8-23(33)9-7-22)25-15-18-38(19-16-25)32(42)30-28(34)4-3-5-29(30)35/h4-14,25H,15-21H2,1-3H3;3-13,25H,14-20H2,1-2H3;3-13,25H,14-20,36H2,1-2H3. The molecule has 0 spiro atoms. The summed E-state index contributed by atoms with van der Waals surface area (Å²) in [6.07, 6.45) is 5.90. The van der Waals surface area contributed by atoms with Crippen molar-refractivity contribution in [2.75, 3.05) is 71.7 Å². The predicted octanol–water partition coefficient (Wildman–Crippen LogP) is 17.5. The molecule has 3 amide bonds. The number of likely N-dealkylation sites (tertiary alicyclic amines) is 3. The summed E-state index contributed by atoms with van der Waals surface area (Å²) in [5.74, 6) is -6.35. The van der Waals surface area contributed by atoms with E-state index in [1.54, 1.807) is 45.4 Å². The van der Waals surface area contributed by atoms with E-state index < -0.39 is 69.3 Å². The summed E-state index contributed by atoms with van der Waals surface area (Å²) in [5.41, 5.74) is 14.8. The summed E-state index contributed by atoms with van der Waals surface area (Å²) in [5, 5.41) is 2.60. The van der Waals surface area contributed by atoms with Gasteiger partial charge in [0.05, 0.1) is 40.9 Å². The second-order valence-electron chi connectivity index (χ2n) is 32.3. The molecule has 3 aliphatic rings. The molecule has 666 valence electrons. The molecule has 15 rings (SSSR count). The van der Waals surface area contributed by atoms with Gasteiger partial charge in [0.2, 0.25) is 0 Å². The summed E-state index contributed by atoms with van der Waals surface area (Å²) >= 11 is 24.3. The van der Waals surface area contributed by atoms with Gasteiger partial charge >= 0.3 is 0 Å². The molecular formula is C97H101Cl4F6N13O7. The Morgan fingerprint density at radius 1 is 0.362 bits per heavy atom. The molecule has 0 unspecified atom stereocenters. The molecule has 30 heteroatoms. The maximum Gasteiger partial charge on any atom is 0.276 e. The van der Waals surface area contributed by atoms with Crippen LogP contribution in [0.15, 0.2) is 215 Å². The number of methoxy groups -OCH3 is 1. The fourth-order valence-electron chi connectivity index (χ4n) is 17.1. The maximum atomic E-state index is 14.3. The van der Waals surface area contributed by atoms with Gasteiger partial charge in [-0.3, -0.25) is 57.5 Å². The Bertz CT molecular complexity index is 5760. The van der Waals surface area contributed by atoms with Crippen LogP contribution in [-0.2, 0) is 60.0 Å². The van der Waals surface area contributed by atoms with Gasteiger partial charge in [0.15, 0.2) is 0 Å². The summed E-state index contributed by atoms with van der Waals surface area (Å²) in [4.78, 5) is 91.7. The number of anilines is 1. The minimum absolute atomic E-state index is 0.0646. The van der Waals surface area contributed by atoms with Crippen molar-refractivity contribution in [1.82, 2.24) is 57.5 Å². The highest BCUT2D eigenvalue weighted by molar-refractivity contribution is 6.31. The van der Waals surface area contributed by atoms with Gasteiger partial charge in [-0.1, -0.05) is 101 Å². The molecule has 0 saturated carbocycles. The predicted molar refractivity (Wildman–Crippen MR) is 486 cm³/mol. The third-order valence-electron chi connectivity index (χ3n) is 24.8. The van der Waals surface area contributed by atoms with Crippen molar-refractivity contribution < 1.29 is 45.5 Å². The van der Waals surface area contributed by atoms with Crippen molar-refractivity contribution in [1.29, 1.82) is 0 Å². The molecule has 127 heavy (non-hydrogen) atoms. The number of rotatable bonds is 25. The zero-order chi connectivity index (χ0) is 90.6. The van der Waals surface area contributed by atoms with Crippen LogP contribution in [0.25, 0.3) is 17.1 Å². The van der Waals surface area contributed by atoms with Crippen LogP contribution in [0.4, 0.5) is 32.0 Å². The lowest BCUT2D eigenvalue weighted by molar-refractivity contribution is 0.0592. The van der Waals surface area contributed by atoms with Crippen molar-refractivity contribution in [2.45, 2.75) is 116 Å². The number of nitrogens with two attached hydrogens (primary N) is 1. The smallest absolute Gasteiger partial charge is 0.276 e. The molecule has 3 aliphatic heterocycles. The van der Waals surface area contributed by atoms with E-state index >= 15 is 0 Å². The second kappa shape index (κ2) is 42.0. The number of carbonyl (C=O) groups excluding carboxylic acids is 3. The van der Waals surface area contributed by atoms with Crippen molar-refractivity contribution in [2.24, 2.45) is 21.1 Å². The second-order valence-corrected chi connectivity index (χ2v) is 34.0. The summed E-state index contributed by atoms with van der Waals surface area (Å²) in [6, 6.07) is 55.3. The van der Waals surface area contributed by atoms with E-state index in [-0.39, 0.29) is 34.8 Å². The lowest BCUT2D eigenvalue weighted by Crippen LogP contribution is -2.47. The summed E-state index contributed by atoms with van der Waals surface area (Å²) < 4.78 is 102. The summed E-state index contributed by atoms with van der Waals surface area (Å²) in [7, 11) is 7.19. The molecule has 3 saturated heterocycles. The minimum Gasteiger partial charge on any atom is -0.497 e. The Morgan fingerprint density at radius 3 is 0.835 bits per heavy atom. The number of benzene rings is 9. The van der Waals surface area contributed by atoms with E-state index in [1.165, 1.54) is 32.9 Å². The molecule has 3 aromatic heterocycles. The van der Waals surface area contributed by atoms with Gasteiger partial charge in [0.25, 0.3) is 34.4 Å². The van der Waals surface area contributed by atoms with Gasteiger partial charge in [-0.15, -0.1) is 0 Å². The van der Waals surface area contributed by atoms with Crippen LogP contribution in [0.1, 0.15) is 120 Å². The fourth-order valence-corrected chi connectivity index (χ4v) is 17.6. The third kappa shape index (κ3) is 21.9. The van der Waals surface area contributed by atoms with Crippen LogP contribution in [-0.4, -0.2) is 159 Å². The quantitative estimate of drug-likeness (QED) is 0.0424. The number of amides is 3. The molecule has 3 fully saturated rings. The largest absolute Gasteiger partial charge is 0.497 e. The highest BCUT2D eigenvalue weighted by Crippen LogP contribution is 2.31. The first-order valence-electron chi connectivity index (χ1n) is 42.2. The number of ether oxygens (including phenoxy) is 1. The highest BCUT2D eigenvalue weighted by Gasteiger charge is 2.36. The number of piperidine rings is 3. The van der Waals surface area contributed by atoms with Gasteiger partial charge < -0.3 is 25.2 Å². The van der Waals surface area contributed by atoms with Crippen LogP contribution in [0.3, 0.4) is 0 Å². The number of aromatic nitrogens is 6. The average molecular weight is 1820 g/mol. The van der Waals surface area contributed by atoms with Gasteiger partial charge in [-0.05, 0) is 241 Å². The number of carbonyl (C=O) groups is 3. The number of nitrogens with zero attached hydrogens (tertiary/aromatic N) is 12. The van der Waals surface area contributed by atoms with Crippen LogP contribution in [0.2, 0.25) is 20.1 Å². The van der Waals surface area contributed by atoms with E-state index in [0.717, 1.165) is 106 Å². The normalized spacial score (nSPS) is 14.1. The topological polar surface area (TPSA) is 187 Å². The number of halogens is 10. The Hall–Kier alpha value is -11.4. The molecule has 0 radical (unpaired) electrons. The van der Waals surface area contributed by atoms with E-state index in [0.29, 0.717) is 165 Å². The Balaban J connectivity index is 0.000000163. The number of hydrogen-bond donors (Lipinski definition) is 1. The Kier molecular flexibility index (Phi) is 30.9. The van der Waals surface area contributed by atoms with Crippen molar-refractivity contribution >= 4 is 69.8 Å². The molecule has 0 atom stereocenters. The number of nitrogen functional groups attached to an aromatic ring is 1. The third-order valence-corrected chi connectivity index (χ3v) is 25.8. The molecule has 2 N–H and O–H groups in total. The SMILES string of the molecule is COc1ccc(-n2c(=O)c(CN(CCc3ccc(Cl)cc3)C3CCN(C(=O)c4c(F)cccc4F)CC3)c(C)n2C)cc1.Cc1c(CN(CCc2ccc(Cl)cc2)C2CCN(C(=O)c3c(F)cccc3F)CC2)c(=O)n(-c2ccc(Cl)cc2)n1C.Cc1c(CN(CCc2ccc(Cl)cc2)C2CCN(C(=O)c3c(F)cccc3F)CC2)c(=O)n(-c2ccc(N)cc2)n1C. The Labute approximate surface area is 753 Å². The van der Waals surface area contributed by atoms with E-state index in [2.05, 4.69) is 14.7 Å². The zero-order valence-corrected chi connectivity index (χ0v) is 74.7. The van der Waals surface area contributed by atoms with Gasteiger partial charge in [0, 0.05) is 161 Å². The van der Waals surface area contributed by atoms with Crippen LogP contribution >= 0.6 is 46.4 Å². The lowest BCUT2D eigenvalue weighted by Gasteiger charge is -2.38. The van der Waals surface area contributed by atoms with Gasteiger partial charge in [0.1, 0.15) is 57.3 Å². The van der Waals surface area contributed by atoms with Gasteiger partial charge in [-0.25, -0.2) is 40.4 Å². The maximum absolute atomic E-state index is 14.3. The van der Waals surface area contributed by atoms with Crippen molar-refractivity contribution in [3.63, 3.8) is 0 Å². The van der Waals surface area contributed by atoms with Crippen LogP contribution in [0, 0.1) is 55.7 Å². The van der Waals surface area contributed by atoms with Crippen LogP contribution in [0.5, 0.6) is 5.75 Å². The van der Waals surface area contributed by atoms with E-state index in [1.807, 2.05) is 177 Å². The fraction of sp³-hybridized carbons (Fsp3) is 0.320. The molecule has 9 aromatic carbocycles. The van der Waals surface area contributed by atoms with Crippen LogP contribution < -0.4 is 27.1 Å². The van der Waals surface area contributed by atoms with Crippen molar-refractivity contribution in [3.05, 3.63) is 353 Å². The number of hydrogen-bond acceptors (Lipinski definition) is 11. The monoisotopic (exact) mass is 1810 g/mol. The Morgan fingerprint density at radius 2 is 0.591 bits per heavy atom. The lowest BCUT2D eigenvalue weighted by atomic mass is 10.00.